The van der Waals surface area contributed by atoms with Crippen LogP contribution in [0.1, 0.15) is 61.9 Å². The minimum absolute atomic E-state index is 0.0446. The zero-order valence-corrected chi connectivity index (χ0v) is 29.7. The average molecular weight is 798 g/mol. The molecule has 3 N–H and O–H groups in total. The van der Waals surface area contributed by atoms with Crippen LogP contribution in [0, 0.1) is 11.6 Å². The number of anilines is 3. The third kappa shape index (κ3) is 9.34. The highest BCUT2D eigenvalue weighted by molar-refractivity contribution is 6.13. The molecule has 0 spiro atoms. The van der Waals surface area contributed by atoms with Gasteiger partial charge in [0.05, 0.1) is 29.5 Å². The van der Waals surface area contributed by atoms with Gasteiger partial charge in [0, 0.05) is 22.5 Å². The van der Waals surface area contributed by atoms with E-state index in [4.69, 9.17) is 9.47 Å². The Bertz CT molecular complexity index is 2330. The molecule has 0 heterocycles. The molecule has 16 heteroatoms. The molecule has 0 saturated heterocycles. The van der Waals surface area contributed by atoms with Gasteiger partial charge in [-0.25, -0.2) is 13.6 Å². The van der Waals surface area contributed by atoms with Crippen LogP contribution in [0.3, 0.4) is 0 Å². The number of aryl methyl sites for hydroxylation is 2. The first-order valence-corrected chi connectivity index (χ1v) is 17.2. The molecule has 8 nitrogen and oxygen atoms in total. The van der Waals surface area contributed by atoms with Crippen molar-refractivity contribution in [3.05, 3.63) is 142 Å². The van der Waals surface area contributed by atoms with E-state index in [1.54, 1.807) is 24.3 Å². The van der Waals surface area contributed by atoms with Gasteiger partial charge >= 0.3 is 18.4 Å². The fraction of sp³-hybridized carbons (Fsp3) is 0.195. The third-order valence-electron chi connectivity index (χ3n) is 9.10. The Hall–Kier alpha value is -6.45. The van der Waals surface area contributed by atoms with E-state index < -0.39 is 64.7 Å². The summed E-state index contributed by atoms with van der Waals surface area (Å²) in [5.41, 5.74) is -1.72. The van der Waals surface area contributed by atoms with Crippen molar-refractivity contribution in [1.29, 1.82) is 0 Å². The average Bonchev–Trinajstić information content (AvgIpc) is 3.17. The third-order valence-corrected chi connectivity index (χ3v) is 9.10. The first-order chi connectivity index (χ1) is 27.0. The van der Waals surface area contributed by atoms with E-state index in [9.17, 15) is 45.1 Å². The monoisotopic (exact) mass is 797 g/mol. The predicted octanol–water partition coefficient (Wildman–Crippen LogP) is 10.9. The number of nitrogens with one attached hydrogen (secondary N) is 3. The zero-order valence-electron chi connectivity index (χ0n) is 29.7. The van der Waals surface area contributed by atoms with Crippen LogP contribution < -0.4 is 20.7 Å². The van der Waals surface area contributed by atoms with Gasteiger partial charge in [-0.2, -0.15) is 26.3 Å². The van der Waals surface area contributed by atoms with Crippen LogP contribution in [0.15, 0.2) is 97.1 Å². The molecule has 296 valence electrons. The van der Waals surface area contributed by atoms with Crippen LogP contribution in [0.5, 0.6) is 5.75 Å². The van der Waals surface area contributed by atoms with Crippen LogP contribution in [0.2, 0.25) is 0 Å². The molecule has 0 radical (unpaired) electrons. The van der Waals surface area contributed by atoms with Crippen LogP contribution in [-0.4, -0.2) is 31.2 Å². The topological polar surface area (TPSA) is 106 Å². The highest BCUT2D eigenvalue weighted by atomic mass is 19.4. The van der Waals surface area contributed by atoms with Crippen LogP contribution in [0.4, 0.5) is 57.0 Å². The van der Waals surface area contributed by atoms with E-state index >= 15 is 4.39 Å². The highest BCUT2D eigenvalue weighted by Crippen LogP contribution is 2.40. The van der Waals surface area contributed by atoms with Crippen molar-refractivity contribution in [3.8, 4) is 16.9 Å². The van der Waals surface area contributed by atoms with Gasteiger partial charge in [-0.3, -0.25) is 14.9 Å². The number of amides is 3. The second-order valence-electron chi connectivity index (χ2n) is 12.9. The van der Waals surface area contributed by atoms with E-state index in [2.05, 4.69) is 16.0 Å². The van der Waals surface area contributed by atoms with E-state index in [0.29, 0.717) is 25.0 Å². The van der Waals surface area contributed by atoms with Crippen molar-refractivity contribution in [2.24, 2.45) is 0 Å². The number of rotatable bonds is 9. The summed E-state index contributed by atoms with van der Waals surface area (Å²) in [5, 5.41) is 7.15. The Labute approximate surface area is 319 Å². The summed E-state index contributed by atoms with van der Waals surface area (Å²) in [4.78, 5) is 40.0. The number of benzene rings is 5. The number of para-hydroxylation sites is 1. The maximum absolute atomic E-state index is 15.4. The standard InChI is InChI=1S/C41H31F8N3O5/c1-56-35-16-12-24(28-19-25(11-14-32(28)42)36(41(47,48)49)57-39(55)51-26-9-3-2-4-10-26)18-30(35)38(54)52-34-20-23-8-6-5-7-22(23)17-29(34)37(53)50-27-13-15-33(43)31(21-27)40(44,45)46/h2-4,9-21,36H,5-8H2,1H3,(H,50,53)(H,51,55)(H,52,54)/t36-/m0/s1. The first kappa shape index (κ1) is 40.2. The molecule has 1 aliphatic carbocycles. The number of carbonyl (C=O) groups is 3. The van der Waals surface area contributed by atoms with Crippen molar-refractivity contribution in [2.75, 3.05) is 23.1 Å². The molecule has 1 atom stereocenters. The Morgan fingerprint density at radius 2 is 1.33 bits per heavy atom. The lowest BCUT2D eigenvalue weighted by atomic mass is 9.89. The summed E-state index contributed by atoms with van der Waals surface area (Å²) in [5.74, 6) is -4.38. The Kier molecular flexibility index (Phi) is 11.5. The Morgan fingerprint density at radius 3 is 2.00 bits per heavy atom. The van der Waals surface area contributed by atoms with Gasteiger partial charge in [-0.1, -0.05) is 30.3 Å². The van der Waals surface area contributed by atoms with Gasteiger partial charge in [0.1, 0.15) is 17.4 Å². The summed E-state index contributed by atoms with van der Waals surface area (Å²) < 4.78 is 122. The number of halogens is 8. The first-order valence-electron chi connectivity index (χ1n) is 17.2. The van der Waals surface area contributed by atoms with Crippen molar-refractivity contribution in [2.45, 2.75) is 44.1 Å². The second-order valence-corrected chi connectivity index (χ2v) is 12.9. The molecule has 6 rings (SSSR count). The molecule has 1 aliphatic rings. The van der Waals surface area contributed by atoms with Crippen molar-refractivity contribution in [3.63, 3.8) is 0 Å². The molecule has 0 aliphatic heterocycles. The van der Waals surface area contributed by atoms with E-state index in [0.717, 1.165) is 54.3 Å². The van der Waals surface area contributed by atoms with Gasteiger partial charge in [-0.15, -0.1) is 0 Å². The van der Waals surface area contributed by atoms with Crippen LogP contribution in [0.25, 0.3) is 11.1 Å². The van der Waals surface area contributed by atoms with Gasteiger partial charge < -0.3 is 20.1 Å². The summed E-state index contributed by atoms with van der Waals surface area (Å²) >= 11 is 0. The summed E-state index contributed by atoms with van der Waals surface area (Å²) in [6, 6.07) is 18.7. The number of methoxy groups -OCH3 is 1. The van der Waals surface area contributed by atoms with E-state index in [1.165, 1.54) is 37.4 Å². The molecule has 3 amide bonds. The predicted molar refractivity (Wildman–Crippen MR) is 194 cm³/mol. The number of alkyl halides is 6. The van der Waals surface area contributed by atoms with Gasteiger partial charge in [0.25, 0.3) is 11.8 Å². The maximum atomic E-state index is 15.4. The summed E-state index contributed by atoms with van der Waals surface area (Å²) in [6.07, 6.45) is -11.6. The second kappa shape index (κ2) is 16.3. The molecule has 5 aromatic rings. The lowest BCUT2D eigenvalue weighted by molar-refractivity contribution is -0.205. The Balaban J connectivity index is 1.32. The molecular weight excluding hydrogens is 766 g/mol. The fourth-order valence-electron chi connectivity index (χ4n) is 6.37. The van der Waals surface area contributed by atoms with Crippen molar-refractivity contribution >= 4 is 35.0 Å². The largest absolute Gasteiger partial charge is 0.496 e. The minimum atomic E-state index is -5.12. The number of hydrogen-bond donors (Lipinski definition) is 3. The number of hydrogen-bond acceptors (Lipinski definition) is 5. The Morgan fingerprint density at radius 1 is 0.667 bits per heavy atom. The molecule has 0 saturated carbocycles. The quantitative estimate of drug-likeness (QED) is 0.129. The zero-order chi connectivity index (χ0) is 41.1. The molecule has 0 aromatic heterocycles. The number of carbonyl (C=O) groups excluding carboxylic acids is 3. The van der Waals surface area contributed by atoms with Crippen molar-refractivity contribution in [1.82, 2.24) is 0 Å². The fourth-order valence-corrected chi connectivity index (χ4v) is 6.37. The van der Waals surface area contributed by atoms with Crippen LogP contribution >= 0.6 is 0 Å². The minimum Gasteiger partial charge on any atom is -0.496 e. The highest BCUT2D eigenvalue weighted by Gasteiger charge is 2.44. The van der Waals surface area contributed by atoms with Gasteiger partial charge in [0.2, 0.25) is 6.10 Å². The summed E-state index contributed by atoms with van der Waals surface area (Å²) in [6.45, 7) is 0. The molecule has 0 unspecified atom stereocenters. The van der Waals surface area contributed by atoms with E-state index in [1.807, 2.05) is 0 Å². The molecule has 5 aromatic carbocycles. The normalized spacial score (nSPS) is 13.2. The SMILES string of the molecule is COc1ccc(-c2cc([C@H](OC(=O)Nc3ccccc3)C(F)(F)F)ccc2F)cc1C(=O)Nc1cc2c(cc1C(=O)Nc1ccc(F)c(C(F)(F)F)c1)CCCC2. The van der Waals surface area contributed by atoms with Gasteiger partial charge in [0.15, 0.2) is 0 Å². The maximum Gasteiger partial charge on any atom is 0.429 e. The van der Waals surface area contributed by atoms with E-state index in [-0.39, 0.29) is 39.5 Å². The van der Waals surface area contributed by atoms with Gasteiger partial charge in [-0.05, 0) is 109 Å². The molecular formula is C41H31F8N3O5. The molecule has 57 heavy (non-hydrogen) atoms. The lowest BCUT2D eigenvalue weighted by Crippen LogP contribution is -2.28. The number of ether oxygens (including phenoxy) is 2. The van der Waals surface area contributed by atoms with Crippen LogP contribution in [-0.2, 0) is 23.8 Å². The molecule has 0 fully saturated rings. The lowest BCUT2D eigenvalue weighted by Gasteiger charge is -2.22. The molecule has 0 bridgehead atoms. The van der Waals surface area contributed by atoms with Crippen molar-refractivity contribution < 1.29 is 59.0 Å². The summed E-state index contributed by atoms with van der Waals surface area (Å²) in [7, 11) is 1.23. The number of fused-ring (bicyclic) bond motifs is 1. The smallest absolute Gasteiger partial charge is 0.429 e.